The van der Waals surface area contributed by atoms with E-state index in [-0.39, 0.29) is 5.91 Å². The van der Waals surface area contributed by atoms with E-state index in [0.29, 0.717) is 11.1 Å². The highest BCUT2D eigenvalue weighted by Gasteiger charge is 2.35. The number of benzene rings is 2. The third-order valence-electron chi connectivity index (χ3n) is 3.73. The van der Waals surface area contributed by atoms with Crippen LogP contribution in [0.2, 0.25) is 0 Å². The maximum Gasteiger partial charge on any atom is 0.287 e. The third-order valence-corrected chi connectivity index (χ3v) is 4.04. The number of hydrazine groups is 1. The lowest BCUT2D eigenvalue weighted by atomic mass is 10.1. The molecule has 25 heavy (non-hydrogen) atoms. The summed E-state index contributed by atoms with van der Waals surface area (Å²) in [5.41, 5.74) is 2.23. The van der Waals surface area contributed by atoms with E-state index in [4.69, 9.17) is 11.8 Å². The second kappa shape index (κ2) is 7.28. The molecule has 0 aliphatic heterocycles. The van der Waals surface area contributed by atoms with Gasteiger partial charge < -0.3 is 0 Å². The highest BCUT2D eigenvalue weighted by Crippen LogP contribution is 2.24. The number of nitrogens with zero attached hydrogens (tertiary/aromatic N) is 2. The number of carbonyl (C=O) groups is 2. The van der Waals surface area contributed by atoms with Crippen molar-refractivity contribution in [3.05, 3.63) is 70.8 Å². The van der Waals surface area contributed by atoms with Crippen molar-refractivity contribution in [1.29, 1.82) is 0 Å². The van der Waals surface area contributed by atoms with Crippen LogP contribution in [-0.2, 0) is 0 Å². The summed E-state index contributed by atoms with van der Waals surface area (Å²) in [5, 5.41) is 1.28. The van der Waals surface area contributed by atoms with Crippen molar-refractivity contribution in [3.63, 3.8) is 0 Å². The van der Waals surface area contributed by atoms with Gasteiger partial charge in [-0.25, -0.2) is 5.01 Å². The van der Waals surface area contributed by atoms with E-state index in [1.807, 2.05) is 52.8 Å². The summed E-state index contributed by atoms with van der Waals surface area (Å²) in [7, 11) is 0. The van der Waals surface area contributed by atoms with Crippen LogP contribution in [0.4, 0.5) is 0 Å². The van der Waals surface area contributed by atoms with Crippen LogP contribution in [-0.4, -0.2) is 26.9 Å². The van der Waals surface area contributed by atoms with E-state index < -0.39 is 11.4 Å². The number of halogens is 1. The molecule has 0 aliphatic rings. The molecule has 0 saturated carbocycles. The normalized spacial score (nSPS) is 11.1. The Morgan fingerprint density at radius 2 is 1.44 bits per heavy atom. The first-order valence-electron chi connectivity index (χ1n) is 8.09. The van der Waals surface area contributed by atoms with Gasteiger partial charge in [0, 0.05) is 22.9 Å². The van der Waals surface area contributed by atoms with Crippen LogP contribution in [0.3, 0.4) is 0 Å². The second-order valence-corrected chi connectivity index (χ2v) is 7.41. The molecule has 2 aromatic carbocycles. The predicted molar refractivity (Wildman–Crippen MR) is 100 cm³/mol. The molecular weight excluding hydrogens is 336 g/mol. The molecule has 0 N–H and O–H groups in total. The molecule has 0 aromatic heterocycles. The molecule has 0 fully saturated rings. The maximum absolute atomic E-state index is 13.0. The Balaban J connectivity index is 2.38. The molecule has 2 rings (SSSR count). The Hall–Kier alpha value is -2.33. The van der Waals surface area contributed by atoms with Crippen molar-refractivity contribution in [3.8, 4) is 0 Å². The first kappa shape index (κ1) is 19.0. The Morgan fingerprint density at radius 3 is 1.96 bits per heavy atom. The summed E-state index contributed by atoms with van der Waals surface area (Å²) < 4.78 is 0.886. The van der Waals surface area contributed by atoms with Crippen molar-refractivity contribution in [2.24, 2.45) is 0 Å². The van der Waals surface area contributed by atoms with Gasteiger partial charge in [-0.3, -0.25) is 9.59 Å². The van der Waals surface area contributed by atoms with Crippen molar-refractivity contribution in [1.82, 2.24) is 9.54 Å². The minimum atomic E-state index is -0.677. The summed E-state index contributed by atoms with van der Waals surface area (Å²) in [4.78, 5) is 25.8. The Kier molecular flexibility index (Phi) is 5.53. The lowest BCUT2D eigenvalue weighted by Crippen LogP contribution is -2.54. The molecule has 0 bridgehead atoms. The van der Waals surface area contributed by atoms with Gasteiger partial charge in [0.2, 0.25) is 0 Å². The molecular formula is C20H23ClN2O2. The van der Waals surface area contributed by atoms with Crippen molar-refractivity contribution < 1.29 is 9.59 Å². The molecule has 0 heterocycles. The van der Waals surface area contributed by atoms with Gasteiger partial charge in [-0.1, -0.05) is 35.4 Å². The van der Waals surface area contributed by atoms with Gasteiger partial charge in [0.25, 0.3) is 11.8 Å². The molecule has 0 unspecified atom stereocenters. The van der Waals surface area contributed by atoms with Crippen LogP contribution in [0, 0.1) is 13.8 Å². The fourth-order valence-electron chi connectivity index (χ4n) is 2.44. The van der Waals surface area contributed by atoms with Crippen molar-refractivity contribution in [2.45, 2.75) is 40.2 Å². The summed E-state index contributed by atoms with van der Waals surface area (Å²) in [6, 6.07) is 14.3. The van der Waals surface area contributed by atoms with Crippen molar-refractivity contribution >= 4 is 23.6 Å². The van der Waals surface area contributed by atoms with E-state index >= 15 is 0 Å². The van der Waals surface area contributed by atoms with Gasteiger partial charge in [-0.2, -0.15) is 4.53 Å². The molecule has 0 saturated heterocycles. The molecule has 0 radical (unpaired) electrons. The molecule has 2 aromatic rings. The largest absolute Gasteiger partial charge is 0.287 e. The fraction of sp³-hybridized carbons (Fsp3) is 0.300. The van der Waals surface area contributed by atoms with E-state index in [9.17, 15) is 9.59 Å². The van der Waals surface area contributed by atoms with Gasteiger partial charge in [-0.15, -0.1) is 0 Å². The number of rotatable bonds is 2. The second-order valence-electron chi connectivity index (χ2n) is 7.09. The van der Waals surface area contributed by atoms with Gasteiger partial charge in [0.05, 0.1) is 5.54 Å². The number of amides is 2. The van der Waals surface area contributed by atoms with Gasteiger partial charge in [0.15, 0.2) is 0 Å². The molecule has 0 spiro atoms. The molecule has 0 atom stereocenters. The average molecular weight is 359 g/mol. The van der Waals surface area contributed by atoms with Crippen LogP contribution in [0.1, 0.15) is 52.6 Å². The lowest BCUT2D eigenvalue weighted by molar-refractivity contribution is -0.00370. The summed E-state index contributed by atoms with van der Waals surface area (Å²) in [5.74, 6) is -0.774. The zero-order chi connectivity index (χ0) is 18.8. The van der Waals surface area contributed by atoms with Crippen LogP contribution in [0.15, 0.2) is 48.5 Å². The number of hydrogen-bond acceptors (Lipinski definition) is 2. The van der Waals surface area contributed by atoms with Crippen molar-refractivity contribution in [2.75, 3.05) is 0 Å². The molecule has 132 valence electrons. The van der Waals surface area contributed by atoms with Crippen LogP contribution in [0.25, 0.3) is 0 Å². The first-order valence-corrected chi connectivity index (χ1v) is 8.43. The van der Waals surface area contributed by atoms with Crippen LogP contribution in [0.5, 0.6) is 0 Å². The highest BCUT2D eigenvalue weighted by atomic mass is 35.5. The standard InChI is InChI=1S/C20H23ClN2O2/c1-14-9-11-16(12-10-14)18(24)22(20(3,4)5)23(21)19(25)17-8-6-7-15(2)13-17/h6-13H,1-5H3. The molecule has 4 nitrogen and oxygen atoms in total. The van der Waals surface area contributed by atoms with Gasteiger partial charge >= 0.3 is 0 Å². The SMILES string of the molecule is Cc1ccc(C(=O)N(N(Cl)C(=O)c2cccc(C)c2)C(C)(C)C)cc1. The predicted octanol–water partition coefficient (Wildman–Crippen LogP) is 4.76. The smallest absolute Gasteiger partial charge is 0.267 e. The van der Waals surface area contributed by atoms with Crippen LogP contribution >= 0.6 is 11.8 Å². The zero-order valence-corrected chi connectivity index (χ0v) is 16.0. The molecule has 0 aliphatic carbocycles. The zero-order valence-electron chi connectivity index (χ0n) is 15.2. The highest BCUT2D eigenvalue weighted by molar-refractivity contribution is 6.24. The Bertz CT molecular complexity index is 779. The van der Waals surface area contributed by atoms with E-state index in [2.05, 4.69) is 0 Å². The average Bonchev–Trinajstić information content (AvgIpc) is 2.53. The molecule has 5 heteroatoms. The topological polar surface area (TPSA) is 40.6 Å². The number of aryl methyl sites for hydroxylation is 2. The number of hydrogen-bond donors (Lipinski definition) is 0. The Morgan fingerprint density at radius 1 is 0.840 bits per heavy atom. The maximum atomic E-state index is 13.0. The number of carbonyl (C=O) groups excluding carboxylic acids is 2. The Labute approximate surface area is 154 Å². The first-order chi connectivity index (χ1) is 11.6. The molecule has 2 amide bonds. The lowest BCUT2D eigenvalue weighted by Gasteiger charge is -2.39. The third kappa shape index (κ3) is 4.40. The van der Waals surface area contributed by atoms with Gasteiger partial charge in [0.1, 0.15) is 0 Å². The minimum absolute atomic E-state index is 0.330. The fourth-order valence-corrected chi connectivity index (χ4v) is 2.83. The summed E-state index contributed by atoms with van der Waals surface area (Å²) >= 11 is 6.33. The quantitative estimate of drug-likeness (QED) is 0.574. The van der Waals surface area contributed by atoms with E-state index in [1.54, 1.807) is 30.3 Å². The van der Waals surface area contributed by atoms with Crippen LogP contribution < -0.4 is 0 Å². The van der Waals surface area contributed by atoms with E-state index in [0.717, 1.165) is 15.7 Å². The summed E-state index contributed by atoms with van der Waals surface area (Å²) in [6.07, 6.45) is 0. The minimum Gasteiger partial charge on any atom is -0.267 e. The van der Waals surface area contributed by atoms with Gasteiger partial charge in [-0.05, 0) is 58.9 Å². The monoisotopic (exact) mass is 358 g/mol. The van der Waals surface area contributed by atoms with E-state index in [1.165, 1.54) is 5.01 Å². The summed E-state index contributed by atoms with van der Waals surface area (Å²) in [6.45, 7) is 9.34.